The van der Waals surface area contributed by atoms with Gasteiger partial charge in [0.1, 0.15) is 12.4 Å². The number of benzene rings is 2. The monoisotopic (exact) mass is 484 g/mol. The number of methoxy groups -OCH3 is 1. The molecule has 1 aliphatic heterocycles. The van der Waals surface area contributed by atoms with Crippen molar-refractivity contribution in [3.63, 3.8) is 0 Å². The second-order valence-corrected chi connectivity index (χ2v) is 8.33. The lowest BCUT2D eigenvalue weighted by Gasteiger charge is -2.28. The van der Waals surface area contributed by atoms with Crippen LogP contribution in [-0.2, 0) is 9.53 Å². The van der Waals surface area contributed by atoms with Crippen LogP contribution < -0.4 is 10.2 Å². The number of hydrogen-bond acceptors (Lipinski definition) is 5. The first-order chi connectivity index (χ1) is 16.9. The Morgan fingerprint density at radius 1 is 1.03 bits per heavy atom. The van der Waals surface area contributed by atoms with Crippen LogP contribution in [-0.4, -0.2) is 80.5 Å². The first-order valence-corrected chi connectivity index (χ1v) is 11.9. The number of ether oxygens (including phenoxy) is 1. The summed E-state index contributed by atoms with van der Waals surface area (Å²) in [4.78, 5) is 43.8. The molecule has 35 heavy (non-hydrogen) atoms. The van der Waals surface area contributed by atoms with Crippen LogP contribution in [0.1, 0.15) is 41.0 Å². The molecule has 2 aromatic carbocycles. The number of halogens is 1. The number of anilines is 2. The van der Waals surface area contributed by atoms with E-state index in [-0.39, 0.29) is 24.3 Å². The molecule has 8 nitrogen and oxygen atoms in total. The number of amides is 3. The zero-order valence-electron chi connectivity index (χ0n) is 20.6. The van der Waals surface area contributed by atoms with E-state index in [1.807, 2.05) is 19.9 Å². The topological polar surface area (TPSA) is 82.2 Å². The van der Waals surface area contributed by atoms with E-state index in [0.717, 1.165) is 5.69 Å². The van der Waals surface area contributed by atoms with Crippen LogP contribution >= 0.6 is 0 Å². The smallest absolute Gasteiger partial charge is 0.256 e. The Morgan fingerprint density at radius 2 is 1.80 bits per heavy atom. The molecule has 3 rings (SSSR count). The highest BCUT2D eigenvalue weighted by atomic mass is 19.1. The normalized spacial score (nSPS) is 13.8. The van der Waals surface area contributed by atoms with Crippen LogP contribution in [0.5, 0.6) is 0 Å². The van der Waals surface area contributed by atoms with Gasteiger partial charge in [-0.05, 0) is 56.7 Å². The summed E-state index contributed by atoms with van der Waals surface area (Å²) in [7, 11) is 1.44. The third-order valence-electron chi connectivity index (χ3n) is 6.03. The Kier molecular flexibility index (Phi) is 9.19. The third-order valence-corrected chi connectivity index (χ3v) is 6.03. The molecule has 9 heteroatoms. The predicted octanol–water partition coefficient (Wildman–Crippen LogP) is 3.25. The van der Waals surface area contributed by atoms with Gasteiger partial charge >= 0.3 is 0 Å². The second kappa shape index (κ2) is 12.3. The van der Waals surface area contributed by atoms with Crippen molar-refractivity contribution < 1.29 is 23.5 Å². The van der Waals surface area contributed by atoms with Gasteiger partial charge in [-0.3, -0.25) is 14.4 Å². The van der Waals surface area contributed by atoms with Gasteiger partial charge in [0.05, 0.1) is 5.56 Å². The van der Waals surface area contributed by atoms with E-state index in [2.05, 4.69) is 10.2 Å². The first-order valence-electron chi connectivity index (χ1n) is 11.9. The van der Waals surface area contributed by atoms with E-state index in [1.54, 1.807) is 28.0 Å². The van der Waals surface area contributed by atoms with Crippen LogP contribution in [0.2, 0.25) is 0 Å². The fraction of sp³-hybridized carbons (Fsp3) is 0.423. The number of rotatable bonds is 8. The molecule has 0 radical (unpaired) electrons. The Bertz CT molecular complexity index is 1060. The van der Waals surface area contributed by atoms with Crippen molar-refractivity contribution >= 4 is 29.1 Å². The lowest BCUT2D eigenvalue weighted by Crippen LogP contribution is -2.36. The molecule has 1 saturated heterocycles. The van der Waals surface area contributed by atoms with Crippen molar-refractivity contribution in [2.45, 2.75) is 20.3 Å². The molecular formula is C26H33FN4O4. The number of hydrogen-bond donors (Lipinski definition) is 1. The minimum atomic E-state index is -0.440. The fourth-order valence-corrected chi connectivity index (χ4v) is 4.24. The van der Waals surface area contributed by atoms with Crippen molar-refractivity contribution in [3.8, 4) is 0 Å². The number of carbonyl (C=O) groups is 3. The van der Waals surface area contributed by atoms with E-state index < -0.39 is 5.82 Å². The van der Waals surface area contributed by atoms with Crippen molar-refractivity contribution in [1.82, 2.24) is 9.80 Å². The molecule has 3 amide bonds. The minimum absolute atomic E-state index is 0.0810. The molecule has 1 heterocycles. The maximum Gasteiger partial charge on any atom is 0.256 e. The summed E-state index contributed by atoms with van der Waals surface area (Å²) in [5.74, 6) is -1.07. The first kappa shape index (κ1) is 26.2. The summed E-state index contributed by atoms with van der Waals surface area (Å²) in [6.45, 7) is 7.05. The van der Waals surface area contributed by atoms with Gasteiger partial charge in [-0.1, -0.05) is 6.07 Å². The Balaban J connectivity index is 1.84. The zero-order chi connectivity index (χ0) is 25.4. The van der Waals surface area contributed by atoms with E-state index in [4.69, 9.17) is 4.74 Å². The Hall–Kier alpha value is -3.46. The highest BCUT2D eigenvalue weighted by Crippen LogP contribution is 2.27. The van der Waals surface area contributed by atoms with Gasteiger partial charge in [-0.2, -0.15) is 0 Å². The van der Waals surface area contributed by atoms with Gasteiger partial charge in [-0.15, -0.1) is 0 Å². The molecule has 0 bridgehead atoms. The summed E-state index contributed by atoms with van der Waals surface area (Å²) in [6.07, 6.45) is 0.701. The molecule has 0 aliphatic carbocycles. The average molecular weight is 485 g/mol. The van der Waals surface area contributed by atoms with E-state index in [0.29, 0.717) is 62.5 Å². The molecule has 0 saturated carbocycles. The molecular weight excluding hydrogens is 451 g/mol. The van der Waals surface area contributed by atoms with Gasteiger partial charge in [0.15, 0.2) is 0 Å². The summed E-state index contributed by atoms with van der Waals surface area (Å²) in [5, 5.41) is 2.76. The molecule has 0 unspecified atom stereocenters. The van der Waals surface area contributed by atoms with Crippen molar-refractivity contribution in [2.75, 3.05) is 63.2 Å². The van der Waals surface area contributed by atoms with E-state index >= 15 is 0 Å². The van der Waals surface area contributed by atoms with Crippen molar-refractivity contribution in [3.05, 3.63) is 59.4 Å². The number of nitrogens with zero attached hydrogens (tertiary/aromatic N) is 3. The number of nitrogens with one attached hydrogen (secondary N) is 1. The highest BCUT2D eigenvalue weighted by molar-refractivity contribution is 6.02. The molecule has 0 atom stereocenters. The van der Waals surface area contributed by atoms with Crippen LogP contribution in [0.4, 0.5) is 15.8 Å². The van der Waals surface area contributed by atoms with Gasteiger partial charge in [0, 0.05) is 63.3 Å². The Morgan fingerprint density at radius 3 is 2.49 bits per heavy atom. The molecule has 2 aromatic rings. The van der Waals surface area contributed by atoms with Crippen LogP contribution in [0.25, 0.3) is 0 Å². The van der Waals surface area contributed by atoms with Gasteiger partial charge in [-0.25, -0.2) is 4.39 Å². The van der Waals surface area contributed by atoms with Gasteiger partial charge < -0.3 is 24.8 Å². The maximum atomic E-state index is 13.6. The third kappa shape index (κ3) is 6.57. The summed E-state index contributed by atoms with van der Waals surface area (Å²) < 4.78 is 18.5. The molecule has 1 aliphatic rings. The van der Waals surface area contributed by atoms with Crippen molar-refractivity contribution in [2.24, 2.45) is 0 Å². The lowest BCUT2D eigenvalue weighted by atomic mass is 10.1. The quantitative estimate of drug-likeness (QED) is 0.622. The standard InChI is InChI=1S/C26H33FN4O4/c1-4-29(5-2)26(34)22-17-21(28-24(32)18-35-3)10-11-23(22)30-12-7-13-31(15-14-30)25(33)19-8-6-9-20(27)16-19/h6,8-11,16-17H,4-5,7,12-15,18H2,1-3H3,(H,28,32). The SMILES string of the molecule is CCN(CC)C(=O)c1cc(NC(=O)COC)ccc1N1CCCN(C(=O)c2cccc(F)c2)CC1. The molecule has 0 spiro atoms. The summed E-state index contributed by atoms with van der Waals surface area (Å²) in [6, 6.07) is 11.0. The number of carbonyl (C=O) groups excluding carboxylic acids is 3. The van der Waals surface area contributed by atoms with E-state index in [1.165, 1.54) is 25.3 Å². The zero-order valence-corrected chi connectivity index (χ0v) is 20.6. The van der Waals surface area contributed by atoms with Crippen molar-refractivity contribution in [1.29, 1.82) is 0 Å². The maximum absolute atomic E-state index is 13.6. The van der Waals surface area contributed by atoms with Crippen LogP contribution in [0.15, 0.2) is 42.5 Å². The molecule has 1 fully saturated rings. The average Bonchev–Trinajstić information content (AvgIpc) is 3.10. The largest absolute Gasteiger partial charge is 0.375 e. The van der Waals surface area contributed by atoms with Gasteiger partial charge in [0.25, 0.3) is 11.8 Å². The predicted molar refractivity (Wildman–Crippen MR) is 133 cm³/mol. The summed E-state index contributed by atoms with van der Waals surface area (Å²) in [5.41, 5.74) is 2.09. The van der Waals surface area contributed by atoms with E-state index in [9.17, 15) is 18.8 Å². The van der Waals surface area contributed by atoms with Crippen LogP contribution in [0, 0.1) is 5.82 Å². The second-order valence-electron chi connectivity index (χ2n) is 8.33. The molecule has 1 N–H and O–H groups in total. The lowest BCUT2D eigenvalue weighted by molar-refractivity contribution is -0.119. The molecule has 188 valence electrons. The summed E-state index contributed by atoms with van der Waals surface area (Å²) >= 11 is 0. The van der Waals surface area contributed by atoms with Crippen LogP contribution in [0.3, 0.4) is 0 Å². The van der Waals surface area contributed by atoms with Gasteiger partial charge in [0.2, 0.25) is 5.91 Å². The highest BCUT2D eigenvalue weighted by Gasteiger charge is 2.25. The fourth-order valence-electron chi connectivity index (χ4n) is 4.24. The minimum Gasteiger partial charge on any atom is -0.375 e. The molecule has 0 aromatic heterocycles. The Labute approximate surface area is 205 Å².